The number of aromatic nitrogens is 1. The van der Waals surface area contributed by atoms with Gasteiger partial charge in [-0.05, 0) is 42.5 Å². The van der Waals surface area contributed by atoms with Gasteiger partial charge in [-0.1, -0.05) is 31.3 Å². The van der Waals surface area contributed by atoms with Crippen molar-refractivity contribution in [3.63, 3.8) is 0 Å². The first-order valence-electron chi connectivity index (χ1n) is 12.0. The van der Waals surface area contributed by atoms with Crippen LogP contribution in [0.1, 0.15) is 30.6 Å². The molecule has 2 unspecified atom stereocenters. The molecule has 0 saturated carbocycles. The molecule has 1 fully saturated rings. The molecule has 2 aliphatic heterocycles. The van der Waals surface area contributed by atoms with Gasteiger partial charge >= 0.3 is 0 Å². The Morgan fingerprint density at radius 2 is 1.75 bits per heavy atom. The molecule has 2 aromatic carbocycles. The van der Waals surface area contributed by atoms with Crippen LogP contribution in [0.25, 0.3) is 10.2 Å². The van der Waals surface area contributed by atoms with Crippen LogP contribution in [0.5, 0.6) is 11.5 Å². The number of carbonyl (C=O) groups excluding carboxylic acids is 1. The summed E-state index contributed by atoms with van der Waals surface area (Å²) < 4.78 is 42.1. The summed E-state index contributed by atoms with van der Waals surface area (Å²) in [6.07, 6.45) is 2.77. The zero-order valence-corrected chi connectivity index (χ0v) is 22.0. The molecule has 1 amide bonds. The van der Waals surface area contributed by atoms with E-state index in [4.69, 9.17) is 9.47 Å². The van der Waals surface area contributed by atoms with E-state index in [9.17, 15) is 13.2 Å². The highest BCUT2D eigenvalue weighted by molar-refractivity contribution is 7.89. The van der Waals surface area contributed by atoms with Crippen molar-refractivity contribution in [3.05, 3.63) is 59.4 Å². The molecule has 36 heavy (non-hydrogen) atoms. The maximum absolute atomic E-state index is 13.2. The maximum atomic E-state index is 13.2. The van der Waals surface area contributed by atoms with Crippen molar-refractivity contribution >= 4 is 37.5 Å². The fourth-order valence-corrected chi connectivity index (χ4v) is 7.60. The number of hydrogen-bond acceptors (Lipinski definition) is 6. The number of sulfonamides is 1. The van der Waals surface area contributed by atoms with Crippen LogP contribution in [-0.2, 0) is 16.6 Å². The Bertz CT molecular complexity index is 1480. The molecule has 2 aliphatic rings. The number of hydrogen-bond donors (Lipinski definition) is 0. The first-order chi connectivity index (χ1) is 17.3. The lowest BCUT2D eigenvalue weighted by Crippen LogP contribution is -2.42. The van der Waals surface area contributed by atoms with Crippen molar-refractivity contribution in [2.24, 2.45) is 16.8 Å². The summed E-state index contributed by atoms with van der Waals surface area (Å²) in [6, 6.07) is 9.85. The second kappa shape index (κ2) is 9.84. The van der Waals surface area contributed by atoms with Crippen molar-refractivity contribution in [2.45, 2.75) is 31.7 Å². The SMILES string of the molecule is C=CCn1c(=NC(=O)c2ccc(S(=O)(=O)N3CC(C)CC(C)C3)cc2)sc2cc3c(cc21)OCCO3. The molecule has 8 nitrogen and oxygen atoms in total. The van der Waals surface area contributed by atoms with Gasteiger partial charge < -0.3 is 14.0 Å². The highest BCUT2D eigenvalue weighted by atomic mass is 32.2. The van der Waals surface area contributed by atoms with Gasteiger partial charge in [-0.15, -0.1) is 6.58 Å². The van der Waals surface area contributed by atoms with Crippen LogP contribution in [0.4, 0.5) is 0 Å². The van der Waals surface area contributed by atoms with E-state index in [1.807, 2.05) is 16.7 Å². The van der Waals surface area contributed by atoms with Gasteiger partial charge in [0.25, 0.3) is 5.91 Å². The van der Waals surface area contributed by atoms with Crippen molar-refractivity contribution in [1.82, 2.24) is 8.87 Å². The van der Waals surface area contributed by atoms with Crippen molar-refractivity contribution in [1.29, 1.82) is 0 Å². The normalized spacial score (nSPS) is 21.0. The van der Waals surface area contributed by atoms with Crippen LogP contribution >= 0.6 is 11.3 Å². The molecular formula is C26H29N3O5S2. The minimum atomic E-state index is -3.61. The Morgan fingerprint density at radius 3 is 2.39 bits per heavy atom. The lowest BCUT2D eigenvalue weighted by Gasteiger charge is -2.34. The molecule has 0 bridgehead atoms. The van der Waals surface area contributed by atoms with E-state index in [2.05, 4.69) is 25.4 Å². The van der Waals surface area contributed by atoms with Gasteiger partial charge in [0.15, 0.2) is 16.3 Å². The van der Waals surface area contributed by atoms with Crippen LogP contribution in [-0.4, -0.2) is 49.5 Å². The van der Waals surface area contributed by atoms with Gasteiger partial charge in [-0.3, -0.25) is 4.79 Å². The molecule has 190 valence electrons. The third kappa shape index (κ3) is 4.72. The first-order valence-corrected chi connectivity index (χ1v) is 14.2. The minimum absolute atomic E-state index is 0.189. The Morgan fingerprint density at radius 1 is 1.11 bits per heavy atom. The lowest BCUT2D eigenvalue weighted by atomic mass is 9.94. The van der Waals surface area contributed by atoms with Gasteiger partial charge in [-0.25, -0.2) is 8.42 Å². The Balaban J connectivity index is 1.45. The topological polar surface area (TPSA) is 90.2 Å². The highest BCUT2D eigenvalue weighted by Gasteiger charge is 2.31. The van der Waals surface area contributed by atoms with Crippen LogP contribution in [0.15, 0.2) is 58.9 Å². The zero-order valence-electron chi connectivity index (χ0n) is 20.3. The van der Waals surface area contributed by atoms with E-state index in [-0.39, 0.29) is 4.90 Å². The summed E-state index contributed by atoms with van der Waals surface area (Å²) in [4.78, 5) is 18.1. The summed E-state index contributed by atoms with van der Waals surface area (Å²) in [6.45, 7) is 10.4. The number of amides is 1. The molecule has 0 aliphatic carbocycles. The number of piperidine rings is 1. The summed E-state index contributed by atoms with van der Waals surface area (Å²) in [5, 5.41) is 0. The molecule has 0 N–H and O–H groups in total. The third-order valence-electron chi connectivity index (χ3n) is 6.43. The molecule has 0 spiro atoms. The van der Waals surface area contributed by atoms with Gasteiger partial charge in [-0.2, -0.15) is 9.30 Å². The number of ether oxygens (including phenoxy) is 2. The molecule has 1 saturated heterocycles. The van der Waals surface area contributed by atoms with Crippen molar-refractivity contribution in [3.8, 4) is 11.5 Å². The zero-order chi connectivity index (χ0) is 25.4. The van der Waals surface area contributed by atoms with Gasteiger partial charge in [0.1, 0.15) is 13.2 Å². The second-order valence-electron chi connectivity index (χ2n) is 9.46. The number of fused-ring (bicyclic) bond motifs is 2. The molecule has 1 aromatic heterocycles. The quantitative estimate of drug-likeness (QED) is 0.467. The molecular weight excluding hydrogens is 498 g/mol. The molecule has 0 radical (unpaired) electrons. The van der Waals surface area contributed by atoms with Crippen molar-refractivity contribution < 1.29 is 22.7 Å². The van der Waals surface area contributed by atoms with Crippen LogP contribution in [0.2, 0.25) is 0 Å². The maximum Gasteiger partial charge on any atom is 0.279 e. The standard InChI is InChI=1S/C26H29N3O5S2/c1-4-9-29-21-13-22-23(34-11-10-33-22)14-24(21)35-26(29)27-25(30)19-5-7-20(8-6-19)36(31,32)28-15-17(2)12-18(3)16-28/h4-8,13-14,17-18H,1,9-12,15-16H2,2-3H3. The number of rotatable bonds is 5. The Labute approximate surface area is 214 Å². The molecule has 2 atom stereocenters. The molecule has 10 heteroatoms. The predicted octanol–water partition coefficient (Wildman–Crippen LogP) is 4.07. The second-order valence-corrected chi connectivity index (χ2v) is 12.4. The fourth-order valence-electron chi connectivity index (χ4n) is 4.87. The average molecular weight is 528 g/mol. The Kier molecular flexibility index (Phi) is 6.76. The fraction of sp³-hybridized carbons (Fsp3) is 0.385. The largest absolute Gasteiger partial charge is 0.486 e. The number of nitrogens with zero attached hydrogens (tertiary/aromatic N) is 3. The monoisotopic (exact) mass is 527 g/mol. The summed E-state index contributed by atoms with van der Waals surface area (Å²) in [5.41, 5.74) is 1.20. The number of carbonyl (C=O) groups is 1. The van der Waals surface area contributed by atoms with E-state index < -0.39 is 15.9 Å². The number of benzene rings is 2. The van der Waals surface area contributed by atoms with E-state index >= 15 is 0 Å². The average Bonchev–Trinajstić information content (AvgIpc) is 3.18. The highest BCUT2D eigenvalue weighted by Crippen LogP contribution is 2.35. The van der Waals surface area contributed by atoms with Crippen LogP contribution < -0.4 is 14.3 Å². The van der Waals surface area contributed by atoms with Gasteiger partial charge in [0, 0.05) is 37.3 Å². The number of allylic oxidation sites excluding steroid dienone is 1. The van der Waals surface area contributed by atoms with Crippen molar-refractivity contribution in [2.75, 3.05) is 26.3 Å². The summed E-state index contributed by atoms with van der Waals surface area (Å²) in [7, 11) is -3.61. The predicted molar refractivity (Wildman–Crippen MR) is 139 cm³/mol. The van der Waals surface area contributed by atoms with Crippen LogP contribution in [0, 0.1) is 11.8 Å². The summed E-state index contributed by atoms with van der Waals surface area (Å²) in [5.74, 6) is 1.52. The molecule has 3 heterocycles. The van der Waals surface area contributed by atoms with Crippen LogP contribution in [0.3, 0.4) is 0 Å². The third-order valence-corrected chi connectivity index (χ3v) is 9.32. The first kappa shape index (κ1) is 24.7. The number of thiazole rings is 1. The molecule has 5 rings (SSSR count). The Hall–Kier alpha value is -2.95. The van der Waals surface area contributed by atoms with E-state index in [0.717, 1.165) is 16.6 Å². The van der Waals surface area contributed by atoms with Gasteiger partial charge in [0.2, 0.25) is 10.0 Å². The minimum Gasteiger partial charge on any atom is -0.486 e. The van der Waals surface area contributed by atoms with E-state index in [1.165, 1.54) is 35.6 Å². The smallest absolute Gasteiger partial charge is 0.279 e. The van der Waals surface area contributed by atoms with E-state index in [0.29, 0.717) is 66.5 Å². The molecule has 3 aromatic rings. The van der Waals surface area contributed by atoms with E-state index in [1.54, 1.807) is 10.4 Å². The lowest BCUT2D eigenvalue weighted by molar-refractivity contribution is 0.0997. The summed E-state index contributed by atoms with van der Waals surface area (Å²) >= 11 is 1.38. The van der Waals surface area contributed by atoms with Gasteiger partial charge in [0.05, 0.1) is 15.1 Å².